The molecule has 1 N–H and O–H groups in total. The molecule has 0 spiro atoms. The van der Waals surface area contributed by atoms with Crippen molar-refractivity contribution in [2.75, 3.05) is 26.4 Å². The highest BCUT2D eigenvalue weighted by Gasteiger charge is 2.46. The summed E-state index contributed by atoms with van der Waals surface area (Å²) in [6.45, 7) is 6.81. The lowest BCUT2D eigenvalue weighted by Crippen LogP contribution is -2.47. The Morgan fingerprint density at radius 2 is 1.68 bits per heavy atom. The molecule has 8 heteroatoms. The van der Waals surface area contributed by atoms with Crippen LogP contribution in [0.2, 0.25) is 0 Å². The minimum absolute atomic E-state index is 0.00582. The lowest BCUT2D eigenvalue weighted by molar-refractivity contribution is -0.123. The molecule has 1 heterocycles. The molecule has 0 aliphatic rings. The van der Waals surface area contributed by atoms with Crippen LogP contribution in [0.1, 0.15) is 26.3 Å². The maximum absolute atomic E-state index is 13.6. The molecule has 3 aromatic rings. The van der Waals surface area contributed by atoms with Crippen LogP contribution in [0.25, 0.3) is 11.3 Å². The average Bonchev–Trinajstić information content (AvgIpc) is 3.40. The van der Waals surface area contributed by atoms with Crippen molar-refractivity contribution in [3.63, 3.8) is 0 Å². The van der Waals surface area contributed by atoms with Crippen LogP contribution in [-0.4, -0.2) is 55.4 Å². The number of sulfone groups is 1. The number of nitrogens with zero attached hydrogens (tertiary/aromatic N) is 1. The zero-order valence-corrected chi connectivity index (χ0v) is 20.5. The topological polar surface area (TPSA) is 97.0 Å². The van der Waals surface area contributed by atoms with Crippen LogP contribution in [-0.2, 0) is 21.1 Å². The van der Waals surface area contributed by atoms with Gasteiger partial charge in [-0.2, -0.15) is 0 Å². The van der Waals surface area contributed by atoms with Crippen molar-refractivity contribution < 1.29 is 27.5 Å². The van der Waals surface area contributed by atoms with E-state index in [4.69, 9.17) is 9.15 Å². The van der Waals surface area contributed by atoms with Crippen LogP contribution in [0, 0.1) is 0 Å². The second-order valence-corrected chi connectivity index (χ2v) is 10.6. The van der Waals surface area contributed by atoms with Gasteiger partial charge in [0.2, 0.25) is 0 Å². The van der Waals surface area contributed by atoms with Gasteiger partial charge in [-0.25, -0.2) is 8.42 Å². The highest BCUT2D eigenvalue weighted by Crippen LogP contribution is 2.32. The first-order chi connectivity index (χ1) is 16.2. The summed E-state index contributed by atoms with van der Waals surface area (Å²) in [6.07, 6.45) is 1.46. The number of ether oxygens (including phenoxy) is 1. The first kappa shape index (κ1) is 25.7. The fourth-order valence-corrected chi connectivity index (χ4v) is 5.41. The Balaban J connectivity index is 1.84. The van der Waals surface area contributed by atoms with E-state index >= 15 is 0 Å². The number of rotatable bonds is 12. The Kier molecular flexibility index (Phi) is 8.30. The number of Topliss-reactive ketones (excluding diaryl/α,β-unsaturated/α-hetero) is 1. The highest BCUT2D eigenvalue weighted by atomic mass is 32.2. The van der Waals surface area contributed by atoms with E-state index in [0.717, 1.165) is 18.7 Å². The maximum atomic E-state index is 13.6. The summed E-state index contributed by atoms with van der Waals surface area (Å²) >= 11 is 0. The van der Waals surface area contributed by atoms with E-state index in [2.05, 4.69) is 18.7 Å². The summed E-state index contributed by atoms with van der Waals surface area (Å²) in [5.74, 6) is 0.508. The van der Waals surface area contributed by atoms with Gasteiger partial charge in [-0.1, -0.05) is 26.0 Å². The van der Waals surface area contributed by atoms with Gasteiger partial charge in [-0.05, 0) is 80.5 Å². The number of furan rings is 1. The average molecular weight is 486 g/mol. The van der Waals surface area contributed by atoms with Crippen molar-refractivity contribution in [2.45, 2.75) is 36.8 Å². The summed E-state index contributed by atoms with van der Waals surface area (Å²) < 4.78 is 36.5. The van der Waals surface area contributed by atoms with Crippen molar-refractivity contribution in [1.29, 1.82) is 0 Å². The molecule has 0 bridgehead atoms. The number of aliphatic hydroxyl groups is 1. The minimum Gasteiger partial charge on any atom is -0.478 e. The number of hydrogen-bond acceptors (Lipinski definition) is 7. The Labute approximate surface area is 200 Å². The summed E-state index contributed by atoms with van der Waals surface area (Å²) in [7, 11) is -4.11. The standard InChI is InChI=1S/C26H31NO6S/c1-4-27(5-2)19-33-22-12-8-20(9-13-22)17-26(3,25(29)18-28)34(30,31)23-14-10-21(11-15-23)24-7-6-16-32-24/h6-16,28H,4-5,17-19H2,1-3H3. The number of ketones is 1. The summed E-state index contributed by atoms with van der Waals surface area (Å²) in [6, 6.07) is 16.7. The van der Waals surface area contributed by atoms with Crippen LogP contribution in [0.15, 0.2) is 76.2 Å². The molecule has 0 aliphatic carbocycles. The number of carbonyl (C=O) groups is 1. The van der Waals surface area contributed by atoms with Crippen molar-refractivity contribution >= 4 is 15.6 Å². The Bertz CT molecular complexity index is 1170. The van der Waals surface area contributed by atoms with Gasteiger partial charge in [-0.15, -0.1) is 0 Å². The zero-order chi connectivity index (χ0) is 24.8. The van der Waals surface area contributed by atoms with Crippen molar-refractivity contribution in [3.05, 3.63) is 72.5 Å². The van der Waals surface area contributed by atoms with Crippen LogP contribution >= 0.6 is 0 Å². The van der Waals surface area contributed by atoms with Gasteiger partial charge >= 0.3 is 0 Å². The third-order valence-corrected chi connectivity index (χ3v) is 8.52. The monoisotopic (exact) mass is 485 g/mol. The lowest BCUT2D eigenvalue weighted by atomic mass is 9.96. The van der Waals surface area contributed by atoms with Crippen LogP contribution < -0.4 is 4.74 Å². The van der Waals surface area contributed by atoms with Crippen LogP contribution in [0.3, 0.4) is 0 Å². The van der Waals surface area contributed by atoms with Crippen molar-refractivity contribution in [1.82, 2.24) is 4.90 Å². The minimum atomic E-state index is -4.11. The highest BCUT2D eigenvalue weighted by molar-refractivity contribution is 7.93. The molecular weight excluding hydrogens is 454 g/mol. The van der Waals surface area contributed by atoms with Gasteiger partial charge in [0.1, 0.15) is 29.6 Å². The molecule has 1 unspecified atom stereocenters. The maximum Gasteiger partial charge on any atom is 0.191 e. The molecular formula is C26H31NO6S. The second kappa shape index (κ2) is 11.0. The molecule has 0 fully saturated rings. The van der Waals surface area contributed by atoms with E-state index in [9.17, 15) is 18.3 Å². The molecule has 3 rings (SSSR count). The summed E-state index contributed by atoms with van der Waals surface area (Å²) in [4.78, 5) is 14.9. The molecule has 1 aromatic heterocycles. The van der Waals surface area contributed by atoms with E-state index in [-0.39, 0.29) is 11.3 Å². The molecule has 182 valence electrons. The third-order valence-electron chi connectivity index (χ3n) is 6.07. The van der Waals surface area contributed by atoms with Crippen molar-refractivity contribution in [3.8, 4) is 17.1 Å². The summed E-state index contributed by atoms with van der Waals surface area (Å²) in [5.41, 5.74) is 1.37. The fourth-order valence-electron chi connectivity index (χ4n) is 3.68. The Morgan fingerprint density at radius 3 is 2.21 bits per heavy atom. The molecule has 0 aliphatic heterocycles. The number of benzene rings is 2. The lowest BCUT2D eigenvalue weighted by Gasteiger charge is -2.28. The molecule has 0 amide bonds. The smallest absolute Gasteiger partial charge is 0.191 e. The molecule has 0 saturated carbocycles. The number of carbonyl (C=O) groups excluding carboxylic acids is 1. The normalized spacial score (nSPS) is 13.6. The zero-order valence-electron chi connectivity index (χ0n) is 19.7. The van der Waals surface area contributed by atoms with E-state index in [0.29, 0.717) is 23.8 Å². The second-order valence-electron chi connectivity index (χ2n) is 8.21. The van der Waals surface area contributed by atoms with Gasteiger partial charge in [0.25, 0.3) is 0 Å². The van der Waals surface area contributed by atoms with E-state index < -0.39 is 27.0 Å². The summed E-state index contributed by atoms with van der Waals surface area (Å²) in [5, 5.41) is 9.59. The van der Waals surface area contributed by atoms with Crippen LogP contribution in [0.4, 0.5) is 0 Å². The first-order valence-corrected chi connectivity index (χ1v) is 12.7. The molecule has 0 saturated heterocycles. The molecule has 0 radical (unpaired) electrons. The predicted molar refractivity (Wildman–Crippen MR) is 130 cm³/mol. The molecule has 7 nitrogen and oxygen atoms in total. The van der Waals surface area contributed by atoms with Gasteiger partial charge in [0.15, 0.2) is 15.6 Å². The molecule has 1 atom stereocenters. The Morgan fingerprint density at radius 1 is 1.03 bits per heavy atom. The van der Waals surface area contributed by atoms with E-state index in [1.807, 2.05) is 0 Å². The number of aliphatic hydroxyl groups excluding tert-OH is 1. The van der Waals surface area contributed by atoms with Gasteiger partial charge in [0.05, 0.1) is 11.2 Å². The largest absolute Gasteiger partial charge is 0.478 e. The van der Waals surface area contributed by atoms with Crippen molar-refractivity contribution in [2.24, 2.45) is 0 Å². The SMILES string of the molecule is CCN(CC)COc1ccc(CC(C)(C(=O)CO)S(=O)(=O)c2ccc(-c3ccco3)cc2)cc1. The van der Waals surface area contributed by atoms with Gasteiger partial charge in [0, 0.05) is 5.56 Å². The van der Waals surface area contributed by atoms with Crippen LogP contribution in [0.5, 0.6) is 5.75 Å². The molecule has 34 heavy (non-hydrogen) atoms. The predicted octanol–water partition coefficient (Wildman–Crippen LogP) is 3.96. The quantitative estimate of drug-likeness (QED) is 0.388. The number of hydrogen-bond donors (Lipinski definition) is 1. The molecule has 2 aromatic carbocycles. The van der Waals surface area contributed by atoms with E-state index in [1.54, 1.807) is 48.5 Å². The van der Waals surface area contributed by atoms with Gasteiger partial charge in [-0.3, -0.25) is 9.69 Å². The Hall–Kier alpha value is -2.94. The van der Waals surface area contributed by atoms with E-state index in [1.165, 1.54) is 25.3 Å². The van der Waals surface area contributed by atoms with Gasteiger partial charge < -0.3 is 14.3 Å². The fraction of sp³-hybridized carbons (Fsp3) is 0.346. The third kappa shape index (κ3) is 5.41. The first-order valence-electron chi connectivity index (χ1n) is 11.2.